The van der Waals surface area contributed by atoms with Gasteiger partial charge in [-0.2, -0.15) is 0 Å². The van der Waals surface area contributed by atoms with Gasteiger partial charge in [0.05, 0.1) is 6.61 Å². The summed E-state index contributed by atoms with van der Waals surface area (Å²) in [5, 5.41) is 7.46. The highest BCUT2D eigenvalue weighted by Crippen LogP contribution is 2.30. The molecule has 0 aromatic carbocycles. The molecule has 1 aliphatic heterocycles. The number of nitrogens with one attached hydrogen (secondary N) is 2. The zero-order chi connectivity index (χ0) is 13.5. The van der Waals surface area contributed by atoms with Gasteiger partial charge in [-0.15, -0.1) is 0 Å². The Morgan fingerprint density at radius 3 is 2.74 bits per heavy atom. The van der Waals surface area contributed by atoms with Crippen molar-refractivity contribution in [1.82, 2.24) is 10.6 Å². The number of rotatable bonds is 7. The molecule has 1 saturated carbocycles. The first-order valence-electron chi connectivity index (χ1n) is 8.32. The Labute approximate surface area is 118 Å². The molecule has 1 saturated heterocycles. The summed E-state index contributed by atoms with van der Waals surface area (Å²) in [6.45, 7) is 8.40. The Kier molecular flexibility index (Phi) is 6.62. The zero-order valence-electron chi connectivity index (χ0n) is 12.8. The summed E-state index contributed by atoms with van der Waals surface area (Å²) in [6.07, 6.45) is 8.33. The number of hydrogen-bond donors (Lipinski definition) is 2. The van der Waals surface area contributed by atoms with E-state index in [4.69, 9.17) is 4.74 Å². The lowest BCUT2D eigenvalue weighted by Gasteiger charge is -2.36. The van der Waals surface area contributed by atoms with E-state index < -0.39 is 0 Å². The Hall–Kier alpha value is -0.120. The maximum absolute atomic E-state index is 5.67. The first-order valence-corrected chi connectivity index (χ1v) is 8.32. The fourth-order valence-corrected chi connectivity index (χ4v) is 3.61. The van der Waals surface area contributed by atoms with Crippen LogP contribution >= 0.6 is 0 Å². The van der Waals surface area contributed by atoms with Gasteiger partial charge < -0.3 is 15.4 Å². The predicted molar refractivity (Wildman–Crippen MR) is 80.4 cm³/mol. The molecular weight excluding hydrogens is 236 g/mol. The largest absolute Gasteiger partial charge is 0.380 e. The minimum absolute atomic E-state index is 0.644. The van der Waals surface area contributed by atoms with Crippen LogP contribution in [0.15, 0.2) is 0 Å². The molecule has 2 fully saturated rings. The van der Waals surface area contributed by atoms with Crippen molar-refractivity contribution in [2.45, 2.75) is 64.5 Å². The van der Waals surface area contributed by atoms with Crippen molar-refractivity contribution in [3.05, 3.63) is 0 Å². The van der Waals surface area contributed by atoms with E-state index in [0.29, 0.717) is 12.0 Å². The molecule has 0 spiro atoms. The molecule has 3 unspecified atom stereocenters. The smallest absolute Gasteiger partial charge is 0.0591 e. The van der Waals surface area contributed by atoms with Crippen LogP contribution in [0.4, 0.5) is 0 Å². The summed E-state index contributed by atoms with van der Waals surface area (Å²) < 4.78 is 5.67. The maximum Gasteiger partial charge on any atom is 0.0591 e. The first kappa shape index (κ1) is 15.3. The molecule has 0 radical (unpaired) electrons. The monoisotopic (exact) mass is 268 g/mol. The second-order valence-corrected chi connectivity index (χ2v) is 6.68. The van der Waals surface area contributed by atoms with Gasteiger partial charge in [-0.3, -0.25) is 0 Å². The highest BCUT2D eigenvalue weighted by molar-refractivity contribution is 4.91. The Morgan fingerprint density at radius 1 is 1.16 bits per heavy atom. The van der Waals surface area contributed by atoms with E-state index in [2.05, 4.69) is 24.5 Å². The van der Waals surface area contributed by atoms with Crippen molar-refractivity contribution in [1.29, 1.82) is 0 Å². The van der Waals surface area contributed by atoms with Crippen LogP contribution in [-0.4, -0.2) is 38.4 Å². The van der Waals surface area contributed by atoms with Crippen LogP contribution in [0.3, 0.4) is 0 Å². The molecule has 19 heavy (non-hydrogen) atoms. The van der Waals surface area contributed by atoms with Gasteiger partial charge in [-0.25, -0.2) is 0 Å². The highest BCUT2D eigenvalue weighted by atomic mass is 16.5. The van der Waals surface area contributed by atoms with Crippen LogP contribution in [0.1, 0.15) is 52.4 Å². The van der Waals surface area contributed by atoms with Crippen molar-refractivity contribution in [3.63, 3.8) is 0 Å². The topological polar surface area (TPSA) is 33.3 Å². The van der Waals surface area contributed by atoms with Crippen LogP contribution in [-0.2, 0) is 4.74 Å². The van der Waals surface area contributed by atoms with Gasteiger partial charge >= 0.3 is 0 Å². The summed E-state index contributed by atoms with van der Waals surface area (Å²) in [6, 6.07) is 1.49. The summed E-state index contributed by atoms with van der Waals surface area (Å²) in [7, 11) is 0. The fourth-order valence-electron chi connectivity index (χ4n) is 3.61. The van der Waals surface area contributed by atoms with E-state index in [0.717, 1.165) is 31.7 Å². The van der Waals surface area contributed by atoms with Crippen molar-refractivity contribution < 1.29 is 4.74 Å². The molecule has 3 atom stereocenters. The van der Waals surface area contributed by atoms with E-state index >= 15 is 0 Å². The normalized spacial score (nSPS) is 32.1. The minimum atomic E-state index is 0.644. The average Bonchev–Trinajstić information content (AvgIpc) is 2.92. The molecule has 0 aromatic heterocycles. The molecule has 2 N–H and O–H groups in total. The molecular formula is C16H32N2O. The highest BCUT2D eigenvalue weighted by Gasteiger charge is 2.32. The quantitative estimate of drug-likeness (QED) is 0.696. The molecule has 3 heteroatoms. The Morgan fingerprint density at radius 2 is 2.00 bits per heavy atom. The van der Waals surface area contributed by atoms with Crippen LogP contribution in [0.2, 0.25) is 0 Å². The van der Waals surface area contributed by atoms with Gasteiger partial charge in [0.2, 0.25) is 0 Å². The maximum atomic E-state index is 5.67. The molecule has 0 bridgehead atoms. The van der Waals surface area contributed by atoms with Crippen LogP contribution in [0, 0.1) is 11.8 Å². The second kappa shape index (κ2) is 8.23. The molecule has 0 aromatic rings. The fraction of sp³-hybridized carbons (Fsp3) is 1.00. The van der Waals surface area contributed by atoms with Crippen molar-refractivity contribution in [3.8, 4) is 0 Å². The van der Waals surface area contributed by atoms with Gasteiger partial charge in [0.1, 0.15) is 0 Å². The summed E-state index contributed by atoms with van der Waals surface area (Å²) in [5.74, 6) is 1.49. The zero-order valence-corrected chi connectivity index (χ0v) is 12.8. The first-order chi connectivity index (χ1) is 9.27. The molecule has 1 heterocycles. The van der Waals surface area contributed by atoms with E-state index in [-0.39, 0.29) is 0 Å². The predicted octanol–water partition coefficient (Wildman–Crippen LogP) is 2.56. The lowest BCUT2D eigenvalue weighted by atomic mass is 9.79. The SMILES string of the molecule is CC(C)COCCNC1CCCCC1C1CCCN1. The summed E-state index contributed by atoms with van der Waals surface area (Å²) in [4.78, 5) is 0. The molecule has 1 aliphatic carbocycles. The van der Waals surface area contributed by atoms with Crippen molar-refractivity contribution >= 4 is 0 Å². The Balaban J connectivity index is 1.67. The van der Waals surface area contributed by atoms with Gasteiger partial charge in [0.25, 0.3) is 0 Å². The number of hydrogen-bond acceptors (Lipinski definition) is 3. The molecule has 0 amide bonds. The molecule has 2 aliphatic rings. The third-order valence-corrected chi connectivity index (χ3v) is 4.54. The van der Waals surface area contributed by atoms with Crippen LogP contribution in [0.25, 0.3) is 0 Å². The van der Waals surface area contributed by atoms with E-state index in [9.17, 15) is 0 Å². The average molecular weight is 268 g/mol. The van der Waals surface area contributed by atoms with Crippen molar-refractivity contribution in [2.75, 3.05) is 26.3 Å². The standard InChI is InChI=1S/C16H32N2O/c1-13(2)12-19-11-10-18-15-7-4-3-6-14(15)16-8-5-9-17-16/h13-18H,3-12H2,1-2H3. The summed E-state index contributed by atoms with van der Waals surface area (Å²) >= 11 is 0. The van der Waals surface area contributed by atoms with Gasteiger partial charge in [-0.05, 0) is 44.1 Å². The lowest BCUT2D eigenvalue weighted by molar-refractivity contribution is 0.104. The lowest BCUT2D eigenvalue weighted by Crippen LogP contribution is -2.47. The minimum Gasteiger partial charge on any atom is -0.380 e. The third-order valence-electron chi connectivity index (χ3n) is 4.54. The molecule has 2 rings (SSSR count). The van der Waals surface area contributed by atoms with E-state index in [1.165, 1.54) is 45.1 Å². The van der Waals surface area contributed by atoms with Gasteiger partial charge in [0, 0.05) is 25.2 Å². The van der Waals surface area contributed by atoms with E-state index in [1.807, 2.05) is 0 Å². The van der Waals surface area contributed by atoms with Gasteiger partial charge in [-0.1, -0.05) is 26.7 Å². The summed E-state index contributed by atoms with van der Waals surface area (Å²) in [5.41, 5.74) is 0. The molecule has 3 nitrogen and oxygen atoms in total. The second-order valence-electron chi connectivity index (χ2n) is 6.68. The van der Waals surface area contributed by atoms with Crippen LogP contribution in [0.5, 0.6) is 0 Å². The van der Waals surface area contributed by atoms with Gasteiger partial charge in [0.15, 0.2) is 0 Å². The molecule has 112 valence electrons. The Bertz CT molecular complexity index is 239. The number of ether oxygens (including phenoxy) is 1. The van der Waals surface area contributed by atoms with Crippen molar-refractivity contribution in [2.24, 2.45) is 11.8 Å². The van der Waals surface area contributed by atoms with E-state index in [1.54, 1.807) is 0 Å². The third kappa shape index (κ3) is 5.05. The van der Waals surface area contributed by atoms with Crippen LogP contribution < -0.4 is 10.6 Å².